The van der Waals surface area contributed by atoms with Gasteiger partial charge in [-0.2, -0.15) is 0 Å². The number of benzene rings is 1. The Hall–Kier alpha value is 0.861. The fourth-order valence-electron chi connectivity index (χ4n) is 0.988. The van der Waals surface area contributed by atoms with Crippen LogP contribution in [0.25, 0.3) is 0 Å². The van der Waals surface area contributed by atoms with E-state index in [2.05, 4.69) is 0 Å². The van der Waals surface area contributed by atoms with Gasteiger partial charge in [0, 0.05) is 0 Å². The second kappa shape index (κ2) is 5.97. The van der Waals surface area contributed by atoms with Gasteiger partial charge in [-0.15, -0.1) is 0 Å². The van der Waals surface area contributed by atoms with Crippen LogP contribution in [-0.4, -0.2) is 6.98 Å². The average Bonchev–Trinajstić information content (AvgIpc) is 2.04. The molecule has 8 heteroatoms. The van der Waals surface area contributed by atoms with Crippen LogP contribution in [0.3, 0.4) is 0 Å². The largest absolute Gasteiger partial charge is 1.00 e. The van der Waals surface area contributed by atoms with Crippen LogP contribution in [0.4, 0.5) is 21.7 Å². The molecule has 0 unspecified atom stereocenters. The molecule has 15 heavy (non-hydrogen) atoms. The van der Waals surface area contributed by atoms with Crippen LogP contribution in [0.2, 0.25) is 5.02 Å². The van der Waals surface area contributed by atoms with Crippen LogP contribution in [0, 0.1) is 11.6 Å². The Bertz CT molecular complexity index is 354. The van der Waals surface area contributed by atoms with Gasteiger partial charge in [0.2, 0.25) is 0 Å². The second-order valence-corrected chi connectivity index (χ2v) is 3.14. The van der Waals surface area contributed by atoms with Gasteiger partial charge in [-0.25, -0.2) is 8.78 Å². The molecule has 1 aromatic rings. The first-order chi connectivity index (χ1) is 6.31. The van der Waals surface area contributed by atoms with Crippen molar-refractivity contribution in [2.75, 3.05) is 0 Å². The van der Waals surface area contributed by atoms with E-state index in [1.807, 2.05) is 0 Å². The molecule has 0 amide bonds. The molecule has 0 fully saturated rings. The summed E-state index contributed by atoms with van der Waals surface area (Å²) in [6.45, 7) is -5.27. The quantitative estimate of drug-likeness (QED) is 0.417. The fraction of sp³-hybridized carbons (Fsp3) is 0.143. The van der Waals surface area contributed by atoms with Crippen LogP contribution in [0.15, 0.2) is 12.1 Å². The molecule has 0 saturated heterocycles. The maximum atomic E-state index is 12.9. The van der Waals surface area contributed by atoms with Gasteiger partial charge in [-0.3, -0.25) is 0 Å². The molecule has 0 aliphatic heterocycles. The van der Waals surface area contributed by atoms with Crippen molar-refractivity contribution >= 4 is 18.6 Å². The topological polar surface area (TPSA) is 0 Å². The smallest absolute Gasteiger partial charge is 0.449 e. The van der Waals surface area contributed by atoms with Crippen molar-refractivity contribution in [2.24, 2.45) is 0 Å². The minimum absolute atomic E-state index is 0. The third kappa shape index (κ3) is 4.70. The molecular formula is C7H4BClF5K. The van der Waals surface area contributed by atoms with Gasteiger partial charge >= 0.3 is 58.4 Å². The third-order valence-corrected chi connectivity index (χ3v) is 1.87. The molecule has 0 saturated carbocycles. The molecule has 1 aromatic carbocycles. The Morgan fingerprint density at radius 3 is 2.13 bits per heavy atom. The number of halogens is 6. The molecular weight excluding hydrogens is 264 g/mol. The Morgan fingerprint density at radius 2 is 1.67 bits per heavy atom. The van der Waals surface area contributed by atoms with Crippen LogP contribution in [0.5, 0.6) is 0 Å². The van der Waals surface area contributed by atoms with Crippen LogP contribution < -0.4 is 51.4 Å². The molecule has 0 bridgehead atoms. The van der Waals surface area contributed by atoms with Crippen molar-refractivity contribution < 1.29 is 73.1 Å². The number of rotatable bonds is 2. The van der Waals surface area contributed by atoms with E-state index in [0.717, 1.165) is 6.07 Å². The minimum atomic E-state index is -5.27. The van der Waals surface area contributed by atoms with E-state index < -0.39 is 35.5 Å². The summed E-state index contributed by atoms with van der Waals surface area (Å²) in [6.07, 6.45) is -1.60. The molecule has 0 nitrogen and oxygen atoms in total. The standard InChI is InChI=1S/C7H4BClF5.K/c9-5-1-2-6(10)4(7(5)11)3-8(12,13)14;/h1-2H,3H2;/q-1;+1. The fourth-order valence-corrected chi connectivity index (χ4v) is 1.16. The zero-order valence-corrected chi connectivity index (χ0v) is 11.6. The van der Waals surface area contributed by atoms with Crippen molar-refractivity contribution in [1.29, 1.82) is 0 Å². The summed E-state index contributed by atoms with van der Waals surface area (Å²) >= 11 is 5.21. The number of hydrogen-bond acceptors (Lipinski definition) is 0. The zero-order chi connectivity index (χ0) is 10.9. The van der Waals surface area contributed by atoms with Crippen molar-refractivity contribution in [3.05, 3.63) is 34.4 Å². The van der Waals surface area contributed by atoms with E-state index in [1.165, 1.54) is 0 Å². The first kappa shape index (κ1) is 15.9. The SMILES string of the molecule is Fc1ccc(Cl)c(F)c1C[B-](F)(F)F.[K+]. The zero-order valence-electron chi connectivity index (χ0n) is 7.71. The molecule has 0 spiro atoms. The Morgan fingerprint density at radius 1 is 1.13 bits per heavy atom. The number of hydrogen-bond donors (Lipinski definition) is 0. The van der Waals surface area contributed by atoms with E-state index in [9.17, 15) is 21.7 Å². The van der Waals surface area contributed by atoms with E-state index in [1.54, 1.807) is 0 Å². The van der Waals surface area contributed by atoms with Gasteiger partial charge < -0.3 is 12.9 Å². The monoisotopic (exact) mass is 268 g/mol. The maximum absolute atomic E-state index is 12.9. The van der Waals surface area contributed by atoms with Crippen molar-refractivity contribution in [1.82, 2.24) is 0 Å². The summed E-state index contributed by atoms with van der Waals surface area (Å²) in [5, 5.41) is -0.513. The van der Waals surface area contributed by atoms with E-state index in [4.69, 9.17) is 11.6 Å². The predicted molar refractivity (Wildman–Crippen MR) is 44.1 cm³/mol. The van der Waals surface area contributed by atoms with Crippen LogP contribution in [-0.2, 0) is 6.32 Å². The van der Waals surface area contributed by atoms with E-state index in [0.29, 0.717) is 6.07 Å². The third-order valence-electron chi connectivity index (χ3n) is 1.57. The van der Waals surface area contributed by atoms with E-state index in [-0.39, 0.29) is 51.4 Å². The summed E-state index contributed by atoms with van der Waals surface area (Å²) in [5.74, 6) is -2.57. The molecule has 0 heterocycles. The first-order valence-electron chi connectivity index (χ1n) is 3.64. The molecule has 0 aromatic heterocycles. The maximum Gasteiger partial charge on any atom is 1.00 e. The van der Waals surface area contributed by atoms with Gasteiger partial charge in [0.1, 0.15) is 11.6 Å². The van der Waals surface area contributed by atoms with Gasteiger partial charge in [0.15, 0.2) is 0 Å². The Balaban J connectivity index is 0.00000196. The second-order valence-electron chi connectivity index (χ2n) is 2.74. The average molecular weight is 268 g/mol. The summed E-state index contributed by atoms with van der Waals surface area (Å²) in [4.78, 5) is 0. The molecule has 0 N–H and O–H groups in total. The summed E-state index contributed by atoms with van der Waals surface area (Å²) < 4.78 is 61.5. The van der Waals surface area contributed by atoms with Crippen molar-refractivity contribution in [3.63, 3.8) is 0 Å². The Labute approximate surface area is 131 Å². The van der Waals surface area contributed by atoms with Gasteiger partial charge in [0.25, 0.3) is 0 Å². The minimum Gasteiger partial charge on any atom is -0.449 e. The normalized spacial score (nSPS) is 11.1. The van der Waals surface area contributed by atoms with Crippen molar-refractivity contribution in [3.8, 4) is 0 Å². The van der Waals surface area contributed by atoms with Gasteiger partial charge in [-0.1, -0.05) is 17.9 Å². The Kier molecular flexibility index (Phi) is 6.32. The summed E-state index contributed by atoms with van der Waals surface area (Å²) in [5.41, 5.74) is -1.02. The summed E-state index contributed by atoms with van der Waals surface area (Å²) in [7, 11) is 0. The molecule has 0 radical (unpaired) electrons. The molecule has 0 aliphatic rings. The van der Waals surface area contributed by atoms with E-state index >= 15 is 0 Å². The molecule has 0 atom stereocenters. The molecule has 0 aliphatic carbocycles. The molecule has 1 rings (SSSR count). The van der Waals surface area contributed by atoms with Crippen LogP contribution in [0.1, 0.15) is 5.56 Å². The van der Waals surface area contributed by atoms with Gasteiger partial charge in [-0.05, 0) is 17.7 Å². The molecule has 78 valence electrons. The summed E-state index contributed by atoms with van der Waals surface area (Å²) in [6, 6.07) is 1.58. The van der Waals surface area contributed by atoms with Crippen LogP contribution >= 0.6 is 11.6 Å². The van der Waals surface area contributed by atoms with Gasteiger partial charge in [0.05, 0.1) is 5.02 Å². The first-order valence-corrected chi connectivity index (χ1v) is 4.02. The predicted octanol–water partition coefficient (Wildman–Crippen LogP) is 0.551. The van der Waals surface area contributed by atoms with Crippen molar-refractivity contribution in [2.45, 2.75) is 6.32 Å².